The predicted molar refractivity (Wildman–Crippen MR) is 109 cm³/mol. The number of carbonyl (C=O) groups is 1. The number of aromatic nitrogens is 1. The van der Waals surface area contributed by atoms with Gasteiger partial charge in [0, 0.05) is 30.4 Å². The minimum atomic E-state index is -0.166. The number of pyridine rings is 1. The van der Waals surface area contributed by atoms with Crippen LogP contribution in [0.1, 0.15) is 21.5 Å². The van der Waals surface area contributed by atoms with Crippen molar-refractivity contribution >= 4 is 11.7 Å². The summed E-state index contributed by atoms with van der Waals surface area (Å²) in [6.45, 7) is 0.989. The summed E-state index contributed by atoms with van der Waals surface area (Å²) >= 11 is 0. The SMILES string of the molecule is COc1ccc(CNc2cc(C(=O)NCc3ccccc3OC)ccn2)cc1. The number of ether oxygens (including phenoxy) is 2. The molecule has 1 aromatic heterocycles. The van der Waals surface area contributed by atoms with E-state index in [4.69, 9.17) is 9.47 Å². The Morgan fingerprint density at radius 1 is 0.964 bits per heavy atom. The summed E-state index contributed by atoms with van der Waals surface area (Å²) in [5.41, 5.74) is 2.56. The van der Waals surface area contributed by atoms with Crippen LogP contribution in [0.2, 0.25) is 0 Å². The molecule has 2 aromatic carbocycles. The molecule has 0 aliphatic rings. The molecule has 0 saturated carbocycles. The third kappa shape index (κ3) is 5.01. The van der Waals surface area contributed by atoms with E-state index in [1.807, 2.05) is 48.5 Å². The molecule has 28 heavy (non-hydrogen) atoms. The van der Waals surface area contributed by atoms with E-state index in [2.05, 4.69) is 15.6 Å². The third-order valence-electron chi connectivity index (χ3n) is 4.29. The van der Waals surface area contributed by atoms with Crippen LogP contribution in [-0.4, -0.2) is 25.1 Å². The highest BCUT2D eigenvalue weighted by atomic mass is 16.5. The van der Waals surface area contributed by atoms with Gasteiger partial charge in [-0.25, -0.2) is 4.98 Å². The predicted octanol–water partition coefficient (Wildman–Crippen LogP) is 3.64. The normalized spacial score (nSPS) is 10.2. The Morgan fingerprint density at radius 3 is 2.50 bits per heavy atom. The van der Waals surface area contributed by atoms with Crippen LogP contribution in [0.3, 0.4) is 0 Å². The first-order valence-corrected chi connectivity index (χ1v) is 8.92. The summed E-state index contributed by atoms with van der Waals surface area (Å²) in [5, 5.41) is 6.15. The minimum absolute atomic E-state index is 0.166. The van der Waals surface area contributed by atoms with Gasteiger partial charge in [0.2, 0.25) is 0 Å². The topological polar surface area (TPSA) is 72.5 Å². The van der Waals surface area contributed by atoms with Crippen LogP contribution in [0, 0.1) is 0 Å². The van der Waals surface area contributed by atoms with Crippen LogP contribution in [0.25, 0.3) is 0 Å². The number of carbonyl (C=O) groups excluding carboxylic acids is 1. The van der Waals surface area contributed by atoms with Crippen LogP contribution in [0.15, 0.2) is 66.9 Å². The van der Waals surface area contributed by atoms with E-state index in [9.17, 15) is 4.79 Å². The number of benzene rings is 2. The highest BCUT2D eigenvalue weighted by Gasteiger charge is 2.09. The highest BCUT2D eigenvalue weighted by Crippen LogP contribution is 2.17. The number of nitrogens with one attached hydrogen (secondary N) is 2. The molecule has 0 saturated heterocycles. The largest absolute Gasteiger partial charge is 0.497 e. The fourth-order valence-corrected chi connectivity index (χ4v) is 2.73. The lowest BCUT2D eigenvalue weighted by molar-refractivity contribution is 0.0950. The van der Waals surface area contributed by atoms with Crippen LogP contribution in [0.4, 0.5) is 5.82 Å². The maximum Gasteiger partial charge on any atom is 0.251 e. The van der Waals surface area contributed by atoms with Gasteiger partial charge >= 0.3 is 0 Å². The van der Waals surface area contributed by atoms with E-state index >= 15 is 0 Å². The molecule has 3 aromatic rings. The van der Waals surface area contributed by atoms with Crippen molar-refractivity contribution in [2.45, 2.75) is 13.1 Å². The van der Waals surface area contributed by atoms with Crippen molar-refractivity contribution in [3.8, 4) is 11.5 Å². The van der Waals surface area contributed by atoms with Gasteiger partial charge in [-0.05, 0) is 35.9 Å². The molecular formula is C22H23N3O3. The molecule has 0 aliphatic heterocycles. The van der Waals surface area contributed by atoms with Crippen LogP contribution in [-0.2, 0) is 13.1 Å². The molecule has 1 heterocycles. The van der Waals surface area contributed by atoms with Crippen molar-refractivity contribution < 1.29 is 14.3 Å². The summed E-state index contributed by atoms with van der Waals surface area (Å²) < 4.78 is 10.5. The average Bonchev–Trinajstić information content (AvgIpc) is 2.76. The van der Waals surface area contributed by atoms with Gasteiger partial charge in [-0.2, -0.15) is 0 Å². The number of rotatable bonds is 8. The number of amides is 1. The fourth-order valence-electron chi connectivity index (χ4n) is 2.73. The summed E-state index contributed by atoms with van der Waals surface area (Å²) in [6, 6.07) is 18.8. The molecule has 1 amide bonds. The first kappa shape index (κ1) is 19.2. The lowest BCUT2D eigenvalue weighted by Gasteiger charge is -2.11. The number of methoxy groups -OCH3 is 2. The summed E-state index contributed by atoms with van der Waals surface area (Å²) in [4.78, 5) is 16.8. The van der Waals surface area contributed by atoms with Crippen molar-refractivity contribution in [2.75, 3.05) is 19.5 Å². The summed E-state index contributed by atoms with van der Waals surface area (Å²) in [5.74, 6) is 2.04. The summed E-state index contributed by atoms with van der Waals surface area (Å²) in [7, 11) is 3.26. The molecule has 0 aliphatic carbocycles. The number of para-hydroxylation sites is 1. The lowest BCUT2D eigenvalue weighted by atomic mass is 10.2. The maximum absolute atomic E-state index is 12.5. The molecule has 144 valence electrons. The van der Waals surface area contributed by atoms with Gasteiger partial charge in [-0.15, -0.1) is 0 Å². The minimum Gasteiger partial charge on any atom is -0.497 e. The van der Waals surface area contributed by atoms with Gasteiger partial charge < -0.3 is 20.1 Å². The Balaban J connectivity index is 1.59. The Morgan fingerprint density at radius 2 is 1.75 bits per heavy atom. The van der Waals surface area contributed by atoms with Crippen LogP contribution in [0.5, 0.6) is 11.5 Å². The zero-order valence-corrected chi connectivity index (χ0v) is 15.9. The van der Waals surface area contributed by atoms with E-state index in [0.717, 1.165) is 22.6 Å². The molecule has 6 heteroatoms. The van der Waals surface area contributed by atoms with Crippen LogP contribution < -0.4 is 20.1 Å². The number of nitrogens with zero attached hydrogens (tertiary/aromatic N) is 1. The second-order valence-corrected chi connectivity index (χ2v) is 6.13. The first-order valence-electron chi connectivity index (χ1n) is 8.92. The van der Waals surface area contributed by atoms with Gasteiger partial charge in [0.1, 0.15) is 17.3 Å². The van der Waals surface area contributed by atoms with Crippen molar-refractivity contribution in [3.63, 3.8) is 0 Å². The van der Waals surface area contributed by atoms with Gasteiger partial charge in [0.05, 0.1) is 14.2 Å². The molecule has 0 unspecified atom stereocenters. The Hall–Kier alpha value is -3.54. The lowest BCUT2D eigenvalue weighted by Crippen LogP contribution is -2.23. The fraction of sp³-hybridized carbons (Fsp3) is 0.182. The number of hydrogen-bond acceptors (Lipinski definition) is 5. The second-order valence-electron chi connectivity index (χ2n) is 6.13. The Bertz CT molecular complexity index is 926. The van der Waals surface area contributed by atoms with E-state index in [1.165, 1.54) is 0 Å². The van der Waals surface area contributed by atoms with E-state index in [1.54, 1.807) is 32.5 Å². The van der Waals surface area contributed by atoms with E-state index in [0.29, 0.717) is 24.5 Å². The molecule has 2 N–H and O–H groups in total. The number of hydrogen-bond donors (Lipinski definition) is 2. The first-order chi connectivity index (χ1) is 13.7. The van der Waals surface area contributed by atoms with E-state index in [-0.39, 0.29) is 5.91 Å². The van der Waals surface area contributed by atoms with Gasteiger partial charge in [-0.3, -0.25) is 4.79 Å². The van der Waals surface area contributed by atoms with Crippen molar-refractivity contribution in [3.05, 3.63) is 83.6 Å². The summed E-state index contributed by atoms with van der Waals surface area (Å²) in [6.07, 6.45) is 1.62. The quantitative estimate of drug-likeness (QED) is 0.627. The molecular weight excluding hydrogens is 354 g/mol. The Kier molecular flexibility index (Phi) is 6.46. The monoisotopic (exact) mass is 377 g/mol. The zero-order valence-electron chi connectivity index (χ0n) is 15.9. The maximum atomic E-state index is 12.5. The van der Waals surface area contributed by atoms with Crippen molar-refractivity contribution in [1.82, 2.24) is 10.3 Å². The standard InChI is InChI=1S/C22H23N3O3/c1-27-19-9-7-16(8-10-19)14-24-21-13-17(11-12-23-21)22(26)25-15-18-5-3-4-6-20(18)28-2/h3-13H,14-15H2,1-2H3,(H,23,24)(H,25,26). The second kappa shape index (κ2) is 9.41. The van der Waals surface area contributed by atoms with Gasteiger partial charge in [0.25, 0.3) is 5.91 Å². The molecule has 0 fully saturated rings. The van der Waals surface area contributed by atoms with Crippen molar-refractivity contribution in [2.24, 2.45) is 0 Å². The molecule has 3 rings (SSSR count). The third-order valence-corrected chi connectivity index (χ3v) is 4.29. The van der Waals surface area contributed by atoms with Crippen LogP contribution >= 0.6 is 0 Å². The molecule has 0 radical (unpaired) electrons. The number of anilines is 1. The zero-order chi connectivity index (χ0) is 19.8. The highest BCUT2D eigenvalue weighted by molar-refractivity contribution is 5.94. The molecule has 6 nitrogen and oxygen atoms in total. The Labute approximate surface area is 164 Å². The van der Waals surface area contributed by atoms with Gasteiger partial charge in [0.15, 0.2) is 0 Å². The molecule has 0 spiro atoms. The average molecular weight is 377 g/mol. The smallest absolute Gasteiger partial charge is 0.251 e. The van der Waals surface area contributed by atoms with E-state index < -0.39 is 0 Å². The van der Waals surface area contributed by atoms with Gasteiger partial charge in [-0.1, -0.05) is 30.3 Å². The molecule has 0 atom stereocenters. The molecule has 0 bridgehead atoms. The van der Waals surface area contributed by atoms with Crippen molar-refractivity contribution in [1.29, 1.82) is 0 Å².